The lowest BCUT2D eigenvalue weighted by Gasteiger charge is -2.23. The lowest BCUT2D eigenvalue weighted by molar-refractivity contribution is -0.116. The van der Waals surface area contributed by atoms with Crippen LogP contribution in [0.4, 0.5) is 5.69 Å². The van der Waals surface area contributed by atoms with Gasteiger partial charge in [0, 0.05) is 31.1 Å². The number of hydrogen-bond donors (Lipinski definition) is 1. The van der Waals surface area contributed by atoms with Crippen molar-refractivity contribution in [3.8, 4) is 0 Å². The molecule has 0 spiro atoms. The first-order chi connectivity index (χ1) is 15.5. The molecule has 0 radical (unpaired) electrons. The van der Waals surface area contributed by atoms with E-state index in [9.17, 15) is 9.59 Å². The third-order valence-electron chi connectivity index (χ3n) is 5.69. The zero-order chi connectivity index (χ0) is 22.9. The van der Waals surface area contributed by atoms with Gasteiger partial charge in [0.05, 0.1) is 16.3 Å². The molecule has 1 fully saturated rings. The van der Waals surface area contributed by atoms with E-state index in [4.69, 9.17) is 23.2 Å². The van der Waals surface area contributed by atoms with Gasteiger partial charge in [-0.15, -0.1) is 0 Å². The van der Waals surface area contributed by atoms with Crippen LogP contribution in [-0.2, 0) is 11.2 Å². The van der Waals surface area contributed by atoms with Crippen LogP contribution in [0.15, 0.2) is 42.5 Å². The third kappa shape index (κ3) is 6.96. The molecular weight excluding hydrogens is 445 g/mol. The van der Waals surface area contributed by atoms with Gasteiger partial charge < -0.3 is 15.1 Å². The maximum absolute atomic E-state index is 13.4. The number of nitrogens with one attached hydrogen (secondary N) is 1. The summed E-state index contributed by atoms with van der Waals surface area (Å²) in [6.45, 7) is 6.04. The van der Waals surface area contributed by atoms with Gasteiger partial charge in [-0.25, -0.2) is 0 Å². The molecule has 172 valence electrons. The minimum absolute atomic E-state index is 0.146. The number of anilines is 1. The van der Waals surface area contributed by atoms with Gasteiger partial charge in [0.25, 0.3) is 5.91 Å². The standard InChI is InChI=1S/C25H31Cl2N3O2/c1-2-8-23(31)28-24-21(17-20(26)18-22(24)27)25(32)30-14-7-13-29(15-16-30)12-6-11-19-9-4-3-5-10-19/h3-5,9-10,17-18H,2,6-8,11-16H2,1H3,(H,28,31). The molecule has 32 heavy (non-hydrogen) atoms. The van der Waals surface area contributed by atoms with E-state index in [1.807, 2.05) is 17.9 Å². The average Bonchev–Trinajstić information content (AvgIpc) is 3.02. The summed E-state index contributed by atoms with van der Waals surface area (Å²) in [6.07, 6.45) is 4.14. The molecule has 1 heterocycles. The molecule has 2 amide bonds. The number of carbonyl (C=O) groups excluding carboxylic acids is 2. The first kappa shape index (κ1) is 24.6. The second kappa shape index (κ2) is 12.2. The molecular formula is C25H31Cl2N3O2. The number of rotatable bonds is 8. The molecule has 0 saturated carbocycles. The zero-order valence-corrected chi connectivity index (χ0v) is 20.1. The Morgan fingerprint density at radius 1 is 1.03 bits per heavy atom. The average molecular weight is 476 g/mol. The second-order valence-corrected chi connectivity index (χ2v) is 9.03. The summed E-state index contributed by atoms with van der Waals surface area (Å²) < 4.78 is 0. The van der Waals surface area contributed by atoms with Crippen molar-refractivity contribution in [2.75, 3.05) is 38.0 Å². The predicted molar refractivity (Wildman–Crippen MR) is 132 cm³/mol. The van der Waals surface area contributed by atoms with E-state index in [1.54, 1.807) is 12.1 Å². The fourth-order valence-corrected chi connectivity index (χ4v) is 4.56. The van der Waals surface area contributed by atoms with Gasteiger partial charge in [-0.05, 0) is 56.5 Å². The molecule has 1 saturated heterocycles. The Labute approximate surface area is 200 Å². The van der Waals surface area contributed by atoms with Gasteiger partial charge in [0.2, 0.25) is 5.91 Å². The highest BCUT2D eigenvalue weighted by atomic mass is 35.5. The number of aryl methyl sites for hydroxylation is 1. The molecule has 0 aromatic heterocycles. The summed E-state index contributed by atoms with van der Waals surface area (Å²) in [5.41, 5.74) is 2.06. The number of hydrogen-bond acceptors (Lipinski definition) is 3. The van der Waals surface area contributed by atoms with E-state index < -0.39 is 0 Å². The molecule has 0 bridgehead atoms. The first-order valence-corrected chi connectivity index (χ1v) is 12.1. The van der Waals surface area contributed by atoms with Crippen molar-refractivity contribution >= 4 is 40.7 Å². The summed E-state index contributed by atoms with van der Waals surface area (Å²) in [6, 6.07) is 13.7. The van der Waals surface area contributed by atoms with Gasteiger partial charge in [-0.3, -0.25) is 9.59 Å². The smallest absolute Gasteiger partial charge is 0.256 e. The maximum atomic E-state index is 13.4. The van der Waals surface area contributed by atoms with E-state index in [0.29, 0.717) is 42.2 Å². The SMILES string of the molecule is CCCC(=O)Nc1c(Cl)cc(Cl)cc1C(=O)N1CCCN(CCCc2ccccc2)CC1. The Balaban J connectivity index is 1.62. The van der Waals surface area contributed by atoms with Crippen molar-refractivity contribution < 1.29 is 9.59 Å². The van der Waals surface area contributed by atoms with Crippen LogP contribution in [0.1, 0.15) is 48.5 Å². The number of halogens is 2. The van der Waals surface area contributed by atoms with Crippen LogP contribution in [-0.4, -0.2) is 54.3 Å². The summed E-state index contributed by atoms with van der Waals surface area (Å²) in [7, 11) is 0. The van der Waals surface area contributed by atoms with E-state index in [1.165, 1.54) is 5.56 Å². The molecule has 0 atom stereocenters. The molecule has 2 aromatic carbocycles. The van der Waals surface area contributed by atoms with E-state index in [2.05, 4.69) is 34.5 Å². The Bertz CT molecular complexity index is 921. The Morgan fingerprint density at radius 2 is 1.81 bits per heavy atom. The van der Waals surface area contributed by atoms with Crippen LogP contribution in [0, 0.1) is 0 Å². The van der Waals surface area contributed by atoms with Crippen molar-refractivity contribution in [2.24, 2.45) is 0 Å². The van der Waals surface area contributed by atoms with Crippen molar-refractivity contribution in [3.05, 3.63) is 63.6 Å². The zero-order valence-electron chi connectivity index (χ0n) is 18.6. The topological polar surface area (TPSA) is 52.7 Å². The van der Waals surface area contributed by atoms with Crippen LogP contribution in [0.2, 0.25) is 10.0 Å². The van der Waals surface area contributed by atoms with Crippen LogP contribution in [0.5, 0.6) is 0 Å². The Hall–Kier alpha value is -2.08. The molecule has 1 aliphatic heterocycles. The van der Waals surface area contributed by atoms with Gasteiger partial charge in [0.15, 0.2) is 0 Å². The normalized spacial score (nSPS) is 14.8. The number of benzene rings is 2. The molecule has 5 nitrogen and oxygen atoms in total. The summed E-state index contributed by atoms with van der Waals surface area (Å²) in [4.78, 5) is 29.8. The van der Waals surface area contributed by atoms with E-state index in [0.717, 1.165) is 38.9 Å². The molecule has 1 N–H and O–H groups in total. The second-order valence-electron chi connectivity index (χ2n) is 8.18. The monoisotopic (exact) mass is 475 g/mol. The summed E-state index contributed by atoms with van der Waals surface area (Å²) >= 11 is 12.5. The highest BCUT2D eigenvalue weighted by Crippen LogP contribution is 2.31. The molecule has 3 rings (SSSR count). The fourth-order valence-electron chi connectivity index (χ4n) is 4.02. The van der Waals surface area contributed by atoms with Crippen LogP contribution in [0.25, 0.3) is 0 Å². The molecule has 2 aromatic rings. The number of amides is 2. The molecule has 1 aliphatic rings. The summed E-state index contributed by atoms with van der Waals surface area (Å²) in [5, 5.41) is 3.47. The highest BCUT2D eigenvalue weighted by molar-refractivity contribution is 6.38. The fraction of sp³-hybridized carbons (Fsp3) is 0.440. The lowest BCUT2D eigenvalue weighted by Crippen LogP contribution is -2.36. The molecule has 7 heteroatoms. The van der Waals surface area contributed by atoms with Crippen molar-refractivity contribution in [3.63, 3.8) is 0 Å². The van der Waals surface area contributed by atoms with E-state index in [-0.39, 0.29) is 16.8 Å². The van der Waals surface area contributed by atoms with Crippen molar-refractivity contribution in [1.82, 2.24) is 9.80 Å². The van der Waals surface area contributed by atoms with Gasteiger partial charge in [-0.1, -0.05) is 60.5 Å². The largest absolute Gasteiger partial charge is 0.337 e. The lowest BCUT2D eigenvalue weighted by atomic mass is 10.1. The number of nitrogens with zero attached hydrogens (tertiary/aromatic N) is 2. The predicted octanol–water partition coefficient (Wildman–Crippen LogP) is 5.51. The van der Waals surface area contributed by atoms with Crippen molar-refractivity contribution in [1.29, 1.82) is 0 Å². The Kier molecular flexibility index (Phi) is 9.39. The highest BCUT2D eigenvalue weighted by Gasteiger charge is 2.24. The van der Waals surface area contributed by atoms with Crippen molar-refractivity contribution in [2.45, 2.75) is 39.0 Å². The summed E-state index contributed by atoms with van der Waals surface area (Å²) in [5.74, 6) is -0.307. The minimum Gasteiger partial charge on any atom is -0.337 e. The quantitative estimate of drug-likeness (QED) is 0.547. The van der Waals surface area contributed by atoms with Gasteiger partial charge in [-0.2, -0.15) is 0 Å². The van der Waals surface area contributed by atoms with Crippen LogP contribution < -0.4 is 5.32 Å². The molecule has 0 unspecified atom stereocenters. The molecule has 0 aliphatic carbocycles. The maximum Gasteiger partial charge on any atom is 0.256 e. The third-order valence-corrected chi connectivity index (χ3v) is 6.20. The number of carbonyl (C=O) groups is 2. The first-order valence-electron chi connectivity index (χ1n) is 11.3. The Morgan fingerprint density at radius 3 is 2.56 bits per heavy atom. The minimum atomic E-state index is -0.161. The van der Waals surface area contributed by atoms with Crippen LogP contribution in [0.3, 0.4) is 0 Å². The van der Waals surface area contributed by atoms with E-state index >= 15 is 0 Å². The van der Waals surface area contributed by atoms with Gasteiger partial charge >= 0.3 is 0 Å². The van der Waals surface area contributed by atoms with Crippen LogP contribution >= 0.6 is 23.2 Å². The van der Waals surface area contributed by atoms with Gasteiger partial charge in [0.1, 0.15) is 0 Å².